The van der Waals surface area contributed by atoms with E-state index in [0.717, 1.165) is 11.5 Å². The summed E-state index contributed by atoms with van der Waals surface area (Å²) in [5.74, 6) is 0.942. The van der Waals surface area contributed by atoms with Crippen molar-refractivity contribution < 1.29 is 14.3 Å². The zero-order chi connectivity index (χ0) is 18.9. The molecule has 8 heteroatoms. The van der Waals surface area contributed by atoms with Gasteiger partial charge in [-0.3, -0.25) is 4.79 Å². The van der Waals surface area contributed by atoms with Crippen LogP contribution in [0.5, 0.6) is 0 Å². The number of rotatable bonds is 2. The number of hydrogen-bond donors (Lipinski definition) is 1. The van der Waals surface area contributed by atoms with Gasteiger partial charge < -0.3 is 19.4 Å². The van der Waals surface area contributed by atoms with E-state index in [2.05, 4.69) is 22.5 Å². The fourth-order valence-corrected chi connectivity index (χ4v) is 3.43. The maximum absolute atomic E-state index is 12.1. The zero-order valence-electron chi connectivity index (χ0n) is 15.5. The van der Waals surface area contributed by atoms with E-state index in [-0.39, 0.29) is 17.3 Å². The average molecular weight is 378 g/mol. The zero-order valence-corrected chi connectivity index (χ0v) is 16.4. The Bertz CT molecular complexity index is 666. The number of carbonyl (C=O) groups excluding carboxylic acids is 2. The van der Waals surface area contributed by atoms with Gasteiger partial charge in [0.15, 0.2) is 0 Å². The van der Waals surface area contributed by atoms with Crippen molar-refractivity contribution in [3.05, 3.63) is 18.3 Å². The van der Waals surface area contributed by atoms with Crippen molar-refractivity contribution in [1.82, 2.24) is 9.88 Å². The summed E-state index contributed by atoms with van der Waals surface area (Å²) in [6, 6.07) is 3.85. The highest BCUT2D eigenvalue weighted by atomic mass is 32.1. The van der Waals surface area contributed by atoms with Gasteiger partial charge in [-0.25, -0.2) is 9.78 Å². The second-order valence-electron chi connectivity index (χ2n) is 7.69. The SMILES string of the molecule is CC(C)(C)OC(=O)N1CCN(c2ccc(N3CC(S)CC3=O)cn2)CC1. The van der Waals surface area contributed by atoms with Crippen molar-refractivity contribution in [3.63, 3.8) is 0 Å². The van der Waals surface area contributed by atoms with Crippen LogP contribution in [0.1, 0.15) is 27.2 Å². The summed E-state index contributed by atoms with van der Waals surface area (Å²) in [4.78, 5) is 34.2. The van der Waals surface area contributed by atoms with Crippen LogP contribution in [0.3, 0.4) is 0 Å². The summed E-state index contributed by atoms with van der Waals surface area (Å²) in [7, 11) is 0. The number of ether oxygens (including phenoxy) is 1. The minimum atomic E-state index is -0.482. The Morgan fingerprint density at radius 2 is 1.92 bits per heavy atom. The molecular formula is C18H26N4O3S. The molecule has 0 aromatic carbocycles. The number of aromatic nitrogens is 1. The van der Waals surface area contributed by atoms with Gasteiger partial charge >= 0.3 is 6.09 Å². The lowest BCUT2D eigenvalue weighted by Crippen LogP contribution is -2.50. The van der Waals surface area contributed by atoms with Crippen molar-refractivity contribution in [2.45, 2.75) is 38.0 Å². The van der Waals surface area contributed by atoms with E-state index >= 15 is 0 Å². The number of pyridine rings is 1. The summed E-state index contributed by atoms with van der Waals surface area (Å²) in [6.45, 7) is 8.83. The third-order valence-electron chi connectivity index (χ3n) is 4.40. The molecule has 3 rings (SSSR count). The highest BCUT2D eigenvalue weighted by Crippen LogP contribution is 2.25. The minimum Gasteiger partial charge on any atom is -0.444 e. The molecule has 1 atom stereocenters. The number of nitrogens with zero attached hydrogens (tertiary/aromatic N) is 4. The summed E-state index contributed by atoms with van der Waals surface area (Å²) >= 11 is 4.38. The maximum Gasteiger partial charge on any atom is 0.410 e. The lowest BCUT2D eigenvalue weighted by molar-refractivity contribution is -0.117. The Kier molecular flexibility index (Phi) is 5.32. The molecule has 2 amide bonds. The Balaban J connectivity index is 1.57. The van der Waals surface area contributed by atoms with Gasteiger partial charge in [-0.2, -0.15) is 12.6 Å². The molecule has 0 saturated carbocycles. The fraction of sp³-hybridized carbons (Fsp3) is 0.611. The van der Waals surface area contributed by atoms with Gasteiger partial charge in [-0.15, -0.1) is 0 Å². The molecule has 2 fully saturated rings. The monoisotopic (exact) mass is 378 g/mol. The van der Waals surface area contributed by atoms with Gasteiger partial charge in [0.1, 0.15) is 11.4 Å². The average Bonchev–Trinajstić information content (AvgIpc) is 2.92. The largest absolute Gasteiger partial charge is 0.444 e. The molecule has 2 aliphatic heterocycles. The van der Waals surface area contributed by atoms with E-state index < -0.39 is 5.60 Å². The first-order chi connectivity index (χ1) is 12.2. The number of amides is 2. The summed E-state index contributed by atoms with van der Waals surface area (Å²) in [5, 5.41) is 0.0862. The van der Waals surface area contributed by atoms with Gasteiger partial charge in [-0.1, -0.05) is 0 Å². The van der Waals surface area contributed by atoms with Crippen LogP contribution in [0.25, 0.3) is 0 Å². The number of carbonyl (C=O) groups is 2. The molecule has 1 aromatic rings. The van der Waals surface area contributed by atoms with Crippen molar-refractivity contribution in [1.29, 1.82) is 0 Å². The van der Waals surface area contributed by atoms with Crippen molar-refractivity contribution in [3.8, 4) is 0 Å². The van der Waals surface area contributed by atoms with Crippen LogP contribution >= 0.6 is 12.6 Å². The van der Waals surface area contributed by atoms with Crippen LogP contribution < -0.4 is 9.80 Å². The maximum atomic E-state index is 12.1. The molecular weight excluding hydrogens is 352 g/mol. The van der Waals surface area contributed by atoms with Crippen molar-refractivity contribution in [2.24, 2.45) is 0 Å². The molecule has 1 aromatic heterocycles. The molecule has 1 unspecified atom stereocenters. The molecule has 3 heterocycles. The Morgan fingerprint density at radius 1 is 1.23 bits per heavy atom. The highest BCUT2D eigenvalue weighted by Gasteiger charge is 2.29. The lowest BCUT2D eigenvalue weighted by atomic mass is 10.2. The molecule has 0 N–H and O–H groups in total. The summed E-state index contributed by atoms with van der Waals surface area (Å²) in [5.41, 5.74) is 0.327. The highest BCUT2D eigenvalue weighted by molar-refractivity contribution is 7.81. The van der Waals surface area contributed by atoms with Crippen LogP contribution in [0.4, 0.5) is 16.3 Å². The van der Waals surface area contributed by atoms with Gasteiger partial charge in [0.05, 0.1) is 11.9 Å². The van der Waals surface area contributed by atoms with E-state index in [1.807, 2.05) is 32.9 Å². The van der Waals surface area contributed by atoms with Crippen LogP contribution in [0, 0.1) is 0 Å². The predicted molar refractivity (Wildman–Crippen MR) is 104 cm³/mol. The summed E-state index contributed by atoms with van der Waals surface area (Å²) < 4.78 is 5.42. The Morgan fingerprint density at radius 3 is 2.42 bits per heavy atom. The number of anilines is 2. The number of piperazine rings is 1. The van der Waals surface area contributed by atoms with Crippen LogP contribution in [-0.2, 0) is 9.53 Å². The molecule has 0 aliphatic carbocycles. The van der Waals surface area contributed by atoms with Crippen LogP contribution in [0.2, 0.25) is 0 Å². The Labute approximate surface area is 159 Å². The van der Waals surface area contributed by atoms with Gasteiger partial charge in [-0.05, 0) is 32.9 Å². The normalized spacial score (nSPS) is 21.3. The van der Waals surface area contributed by atoms with Crippen LogP contribution in [-0.4, -0.2) is 65.5 Å². The summed E-state index contributed by atoms with van der Waals surface area (Å²) in [6.07, 6.45) is 1.94. The molecule has 0 radical (unpaired) electrons. The first-order valence-electron chi connectivity index (χ1n) is 8.90. The van der Waals surface area contributed by atoms with E-state index in [0.29, 0.717) is 39.1 Å². The molecule has 26 heavy (non-hydrogen) atoms. The molecule has 2 saturated heterocycles. The van der Waals surface area contributed by atoms with Crippen molar-refractivity contribution >= 4 is 36.1 Å². The number of thiol groups is 1. The van der Waals surface area contributed by atoms with E-state index in [4.69, 9.17) is 4.74 Å². The first kappa shape index (κ1) is 18.8. The number of hydrogen-bond acceptors (Lipinski definition) is 6. The van der Waals surface area contributed by atoms with Crippen molar-refractivity contribution in [2.75, 3.05) is 42.5 Å². The predicted octanol–water partition coefficient (Wildman–Crippen LogP) is 2.17. The van der Waals surface area contributed by atoms with Crippen LogP contribution in [0.15, 0.2) is 18.3 Å². The van der Waals surface area contributed by atoms with E-state index in [1.54, 1.807) is 16.0 Å². The first-order valence-corrected chi connectivity index (χ1v) is 9.42. The Hall–Kier alpha value is -1.96. The van der Waals surface area contributed by atoms with Gasteiger partial charge in [0.2, 0.25) is 5.91 Å². The molecule has 0 bridgehead atoms. The van der Waals surface area contributed by atoms with Gasteiger partial charge in [0.25, 0.3) is 0 Å². The third kappa shape index (κ3) is 4.41. The molecule has 142 valence electrons. The fourth-order valence-electron chi connectivity index (χ4n) is 3.11. The van der Waals surface area contributed by atoms with Gasteiger partial charge in [0, 0.05) is 44.4 Å². The molecule has 0 spiro atoms. The van der Waals surface area contributed by atoms with E-state index in [1.165, 1.54) is 0 Å². The molecule has 7 nitrogen and oxygen atoms in total. The lowest BCUT2D eigenvalue weighted by Gasteiger charge is -2.36. The smallest absolute Gasteiger partial charge is 0.410 e. The second kappa shape index (κ2) is 7.34. The second-order valence-corrected chi connectivity index (χ2v) is 8.42. The third-order valence-corrected chi connectivity index (χ3v) is 4.75. The van der Waals surface area contributed by atoms with E-state index in [9.17, 15) is 9.59 Å². The molecule has 2 aliphatic rings. The quantitative estimate of drug-likeness (QED) is 0.799. The standard InChI is InChI=1S/C18H26N4O3S/c1-18(2,3)25-17(24)21-8-6-20(7-9-21)15-5-4-13(11-19-15)22-12-14(26)10-16(22)23/h4-5,11,14,26H,6-10,12H2,1-3H3. The topological polar surface area (TPSA) is 66.0 Å². The minimum absolute atomic E-state index is 0.0862.